The van der Waals surface area contributed by atoms with Crippen LogP contribution in [0.15, 0.2) is 71.6 Å². The molecule has 0 fully saturated rings. The molecule has 29 heavy (non-hydrogen) atoms. The number of benzene rings is 3. The summed E-state index contributed by atoms with van der Waals surface area (Å²) in [5.41, 5.74) is 2.01. The summed E-state index contributed by atoms with van der Waals surface area (Å²) >= 11 is 11.9. The fourth-order valence-corrected chi connectivity index (χ4v) is 3.99. The Kier molecular flexibility index (Phi) is 6.32. The molecule has 3 aromatic rings. The van der Waals surface area contributed by atoms with E-state index in [1.54, 1.807) is 49.4 Å². The first-order valence-electron chi connectivity index (χ1n) is 8.46. The van der Waals surface area contributed by atoms with Gasteiger partial charge < -0.3 is 10.6 Å². The fraction of sp³-hybridized carbons (Fsp3) is 0.0500. The Morgan fingerprint density at radius 1 is 0.862 bits per heavy atom. The van der Waals surface area contributed by atoms with Crippen molar-refractivity contribution < 1.29 is 13.2 Å². The molecule has 150 valence electrons. The molecule has 0 aromatic heterocycles. The van der Waals surface area contributed by atoms with Crippen LogP contribution in [-0.2, 0) is 10.0 Å². The molecule has 6 nitrogen and oxygen atoms in total. The minimum absolute atomic E-state index is 0.0534. The molecule has 0 aliphatic rings. The number of carbonyl (C=O) groups excluding carboxylic acids is 1. The van der Waals surface area contributed by atoms with Gasteiger partial charge in [0, 0.05) is 21.4 Å². The van der Waals surface area contributed by atoms with E-state index in [0.29, 0.717) is 32.7 Å². The van der Waals surface area contributed by atoms with Crippen LogP contribution in [0.3, 0.4) is 0 Å². The predicted octanol–water partition coefficient (Wildman–Crippen LogP) is 5.75. The fourth-order valence-electron chi connectivity index (χ4n) is 2.50. The van der Waals surface area contributed by atoms with Gasteiger partial charge in [-0.15, -0.1) is 0 Å². The molecule has 0 radical (unpaired) electrons. The van der Waals surface area contributed by atoms with Crippen LogP contribution in [0, 0.1) is 6.92 Å². The van der Waals surface area contributed by atoms with E-state index in [-0.39, 0.29) is 4.90 Å². The molecule has 0 bridgehead atoms. The molecule has 0 spiro atoms. The van der Waals surface area contributed by atoms with Crippen LogP contribution in [0.5, 0.6) is 0 Å². The SMILES string of the molecule is Cc1c(Cl)cccc1NS(=O)(=O)c1ccc(NC(=O)Nc2cccc(Cl)c2)cc1. The number of sulfonamides is 1. The molecule has 3 aromatic carbocycles. The Balaban J connectivity index is 1.69. The lowest BCUT2D eigenvalue weighted by Crippen LogP contribution is -2.19. The van der Waals surface area contributed by atoms with E-state index in [0.717, 1.165) is 0 Å². The van der Waals surface area contributed by atoms with Gasteiger partial charge in [-0.2, -0.15) is 0 Å². The summed E-state index contributed by atoms with van der Waals surface area (Å²) in [7, 11) is -3.80. The zero-order chi connectivity index (χ0) is 21.0. The number of rotatable bonds is 5. The molecule has 0 saturated carbocycles. The average molecular weight is 450 g/mol. The molecule has 3 rings (SSSR count). The van der Waals surface area contributed by atoms with Gasteiger partial charge in [0.15, 0.2) is 0 Å². The van der Waals surface area contributed by atoms with Crippen molar-refractivity contribution in [3.63, 3.8) is 0 Å². The normalized spacial score (nSPS) is 11.0. The van der Waals surface area contributed by atoms with Crippen LogP contribution in [-0.4, -0.2) is 14.4 Å². The Morgan fingerprint density at radius 3 is 2.21 bits per heavy atom. The lowest BCUT2D eigenvalue weighted by Gasteiger charge is -2.12. The van der Waals surface area contributed by atoms with Gasteiger partial charge in [0.2, 0.25) is 0 Å². The number of nitrogens with one attached hydrogen (secondary N) is 3. The molecule has 0 heterocycles. The zero-order valence-electron chi connectivity index (χ0n) is 15.2. The van der Waals surface area contributed by atoms with Gasteiger partial charge in [0.05, 0.1) is 10.6 Å². The maximum Gasteiger partial charge on any atom is 0.323 e. The molecule has 0 aliphatic carbocycles. The predicted molar refractivity (Wildman–Crippen MR) is 118 cm³/mol. The van der Waals surface area contributed by atoms with Crippen LogP contribution >= 0.6 is 23.2 Å². The second kappa shape index (κ2) is 8.73. The van der Waals surface area contributed by atoms with E-state index in [9.17, 15) is 13.2 Å². The molecular formula is C20H17Cl2N3O3S. The molecule has 0 saturated heterocycles. The number of urea groups is 1. The van der Waals surface area contributed by atoms with Crippen LogP contribution in [0.1, 0.15) is 5.56 Å². The topological polar surface area (TPSA) is 87.3 Å². The van der Waals surface area contributed by atoms with Crippen molar-refractivity contribution >= 4 is 56.3 Å². The van der Waals surface area contributed by atoms with Crippen LogP contribution in [0.4, 0.5) is 21.9 Å². The molecule has 2 amide bonds. The van der Waals surface area contributed by atoms with E-state index < -0.39 is 16.1 Å². The number of halogens is 2. The van der Waals surface area contributed by atoms with Crippen molar-refractivity contribution in [2.45, 2.75) is 11.8 Å². The zero-order valence-corrected chi connectivity index (χ0v) is 17.6. The van der Waals surface area contributed by atoms with Gasteiger partial charge in [-0.25, -0.2) is 13.2 Å². The lowest BCUT2D eigenvalue weighted by atomic mass is 10.2. The number of amides is 2. The smallest absolute Gasteiger partial charge is 0.308 e. The highest BCUT2D eigenvalue weighted by atomic mass is 35.5. The Hall–Kier alpha value is -2.74. The third-order valence-electron chi connectivity index (χ3n) is 4.02. The number of anilines is 3. The minimum atomic E-state index is -3.80. The first kappa shape index (κ1) is 21.0. The largest absolute Gasteiger partial charge is 0.323 e. The van der Waals surface area contributed by atoms with Gasteiger partial charge in [0.1, 0.15) is 0 Å². The Labute approximate surface area is 178 Å². The third kappa shape index (κ3) is 5.41. The van der Waals surface area contributed by atoms with Crippen molar-refractivity contribution in [2.75, 3.05) is 15.4 Å². The van der Waals surface area contributed by atoms with Gasteiger partial charge in [-0.05, 0) is 67.1 Å². The maximum absolute atomic E-state index is 12.6. The summed E-state index contributed by atoms with van der Waals surface area (Å²) in [6.45, 7) is 1.73. The Morgan fingerprint density at radius 2 is 1.52 bits per heavy atom. The molecule has 3 N–H and O–H groups in total. The van der Waals surface area contributed by atoms with E-state index >= 15 is 0 Å². The average Bonchev–Trinajstić information content (AvgIpc) is 2.66. The van der Waals surface area contributed by atoms with Crippen molar-refractivity contribution in [3.8, 4) is 0 Å². The van der Waals surface area contributed by atoms with E-state index in [4.69, 9.17) is 23.2 Å². The quantitative estimate of drug-likeness (QED) is 0.463. The molecule has 0 aliphatic heterocycles. The summed E-state index contributed by atoms with van der Waals surface area (Å²) in [4.78, 5) is 12.1. The third-order valence-corrected chi connectivity index (χ3v) is 6.04. The summed E-state index contributed by atoms with van der Waals surface area (Å²) in [5, 5.41) is 6.24. The molecule has 0 atom stereocenters. The van der Waals surface area contributed by atoms with Crippen molar-refractivity contribution in [1.29, 1.82) is 0 Å². The highest BCUT2D eigenvalue weighted by molar-refractivity contribution is 7.92. The number of hydrogen-bond acceptors (Lipinski definition) is 3. The minimum Gasteiger partial charge on any atom is -0.308 e. The number of hydrogen-bond donors (Lipinski definition) is 3. The summed E-state index contributed by atoms with van der Waals surface area (Å²) in [6, 6.07) is 17.0. The van der Waals surface area contributed by atoms with Crippen LogP contribution < -0.4 is 15.4 Å². The summed E-state index contributed by atoms with van der Waals surface area (Å²) in [5.74, 6) is 0. The van der Waals surface area contributed by atoms with E-state index in [1.165, 1.54) is 24.3 Å². The molecule has 9 heteroatoms. The second-order valence-corrected chi connectivity index (χ2v) is 8.66. The van der Waals surface area contributed by atoms with Gasteiger partial charge >= 0.3 is 6.03 Å². The summed E-state index contributed by atoms with van der Waals surface area (Å²) < 4.78 is 27.7. The van der Waals surface area contributed by atoms with Gasteiger partial charge in [-0.3, -0.25) is 4.72 Å². The monoisotopic (exact) mass is 449 g/mol. The highest BCUT2D eigenvalue weighted by Crippen LogP contribution is 2.26. The molecular weight excluding hydrogens is 433 g/mol. The van der Waals surface area contributed by atoms with Gasteiger partial charge in [-0.1, -0.05) is 35.3 Å². The standard InChI is InChI=1S/C20H17Cl2N3O3S/c1-13-18(22)6-3-7-19(13)25-29(27,28)17-10-8-15(9-11-17)23-20(26)24-16-5-2-4-14(21)12-16/h2-12,25H,1H3,(H2,23,24,26). The van der Waals surface area contributed by atoms with E-state index in [1.807, 2.05) is 0 Å². The van der Waals surface area contributed by atoms with Crippen molar-refractivity contribution in [2.24, 2.45) is 0 Å². The van der Waals surface area contributed by atoms with Crippen LogP contribution in [0.25, 0.3) is 0 Å². The van der Waals surface area contributed by atoms with Gasteiger partial charge in [0.25, 0.3) is 10.0 Å². The second-order valence-electron chi connectivity index (χ2n) is 6.13. The van der Waals surface area contributed by atoms with E-state index in [2.05, 4.69) is 15.4 Å². The molecule has 0 unspecified atom stereocenters. The van der Waals surface area contributed by atoms with Crippen molar-refractivity contribution in [3.05, 3.63) is 82.3 Å². The lowest BCUT2D eigenvalue weighted by molar-refractivity contribution is 0.262. The first-order chi connectivity index (χ1) is 13.7. The summed E-state index contributed by atoms with van der Waals surface area (Å²) in [6.07, 6.45) is 0. The first-order valence-corrected chi connectivity index (χ1v) is 10.7. The number of carbonyl (C=O) groups is 1. The van der Waals surface area contributed by atoms with Crippen molar-refractivity contribution in [1.82, 2.24) is 0 Å². The maximum atomic E-state index is 12.6. The Bertz CT molecular complexity index is 1150. The highest BCUT2D eigenvalue weighted by Gasteiger charge is 2.16. The van der Waals surface area contributed by atoms with Crippen LogP contribution in [0.2, 0.25) is 10.0 Å².